The molecule has 0 aromatic carbocycles. The van der Waals surface area contributed by atoms with Crippen molar-refractivity contribution in [3.05, 3.63) is 0 Å². The van der Waals surface area contributed by atoms with Crippen molar-refractivity contribution in [1.29, 1.82) is 0 Å². The van der Waals surface area contributed by atoms with Crippen molar-refractivity contribution in [2.75, 3.05) is 65.6 Å². The molecule has 1 aliphatic heterocycles. The van der Waals surface area contributed by atoms with Crippen LogP contribution in [0.5, 0.6) is 0 Å². The van der Waals surface area contributed by atoms with E-state index in [0.29, 0.717) is 45.9 Å². The van der Waals surface area contributed by atoms with Crippen molar-refractivity contribution in [2.45, 2.75) is 85.5 Å². The van der Waals surface area contributed by atoms with Gasteiger partial charge in [0, 0.05) is 45.9 Å². The maximum Gasteiger partial charge on any atom is 0.320 e. The van der Waals surface area contributed by atoms with Crippen LogP contribution >= 0.6 is 0 Å². The second-order valence-electron chi connectivity index (χ2n) is 12.4. The van der Waals surface area contributed by atoms with Crippen molar-refractivity contribution in [3.63, 3.8) is 0 Å². The van der Waals surface area contributed by atoms with Crippen molar-refractivity contribution in [1.82, 2.24) is 20.0 Å². The first-order valence-electron chi connectivity index (χ1n) is 13.0. The summed E-state index contributed by atoms with van der Waals surface area (Å²) in [5.74, 6) is -0.828. The molecule has 0 amide bonds. The van der Waals surface area contributed by atoms with Gasteiger partial charge in [0.05, 0.1) is 19.6 Å². The summed E-state index contributed by atoms with van der Waals surface area (Å²) in [4.78, 5) is 43.5. The summed E-state index contributed by atoms with van der Waals surface area (Å²) >= 11 is 0. The summed E-state index contributed by atoms with van der Waals surface area (Å²) in [7, 11) is 0. The number of rotatable bonds is 6. The van der Waals surface area contributed by atoms with E-state index in [1.165, 1.54) is 0 Å². The van der Waals surface area contributed by atoms with Crippen molar-refractivity contribution < 1.29 is 28.6 Å². The van der Waals surface area contributed by atoms with Gasteiger partial charge in [-0.15, -0.1) is 0 Å². The second-order valence-corrected chi connectivity index (χ2v) is 12.4. The van der Waals surface area contributed by atoms with Crippen LogP contribution in [0.4, 0.5) is 0 Å². The third-order valence-electron chi connectivity index (χ3n) is 4.94. The lowest BCUT2D eigenvalue weighted by Crippen LogP contribution is -2.48. The number of esters is 3. The van der Waals surface area contributed by atoms with Crippen LogP contribution in [0.3, 0.4) is 0 Å². The fourth-order valence-corrected chi connectivity index (χ4v) is 3.70. The van der Waals surface area contributed by atoms with E-state index in [2.05, 4.69) is 10.2 Å². The van der Waals surface area contributed by atoms with E-state index in [1.54, 1.807) is 0 Å². The number of ether oxygens (including phenoxy) is 3. The average Bonchev–Trinajstić information content (AvgIpc) is 2.62. The van der Waals surface area contributed by atoms with E-state index in [-0.39, 0.29) is 37.5 Å². The Balaban J connectivity index is 2.88. The molecule has 0 aromatic heterocycles. The minimum absolute atomic E-state index is 0.145. The van der Waals surface area contributed by atoms with Crippen LogP contribution in [-0.4, -0.2) is 115 Å². The molecule has 10 heteroatoms. The molecule has 1 aliphatic rings. The van der Waals surface area contributed by atoms with Crippen LogP contribution in [0.2, 0.25) is 0 Å². The van der Waals surface area contributed by atoms with Gasteiger partial charge in [-0.1, -0.05) is 0 Å². The van der Waals surface area contributed by atoms with Gasteiger partial charge >= 0.3 is 17.9 Å². The average molecular weight is 515 g/mol. The summed E-state index contributed by atoms with van der Waals surface area (Å²) < 4.78 is 16.5. The first-order chi connectivity index (χ1) is 16.4. The summed E-state index contributed by atoms with van der Waals surface area (Å²) in [5, 5.41) is 3.37. The van der Waals surface area contributed by atoms with Gasteiger partial charge in [0.15, 0.2) is 0 Å². The van der Waals surface area contributed by atoms with Gasteiger partial charge in [-0.25, -0.2) is 0 Å². The molecule has 0 spiro atoms. The highest BCUT2D eigenvalue weighted by atomic mass is 16.6. The molecule has 1 fully saturated rings. The molecule has 1 N–H and O–H groups in total. The van der Waals surface area contributed by atoms with Gasteiger partial charge in [0.2, 0.25) is 0 Å². The molecule has 1 rings (SSSR count). The van der Waals surface area contributed by atoms with Crippen molar-refractivity contribution >= 4 is 17.9 Å². The first-order valence-corrected chi connectivity index (χ1v) is 13.0. The second kappa shape index (κ2) is 14.3. The van der Waals surface area contributed by atoms with Crippen LogP contribution in [0.15, 0.2) is 0 Å². The van der Waals surface area contributed by atoms with E-state index in [9.17, 15) is 14.4 Å². The van der Waals surface area contributed by atoms with Crippen molar-refractivity contribution in [2.24, 2.45) is 0 Å². The van der Waals surface area contributed by atoms with E-state index in [0.717, 1.165) is 6.42 Å². The Labute approximate surface area is 218 Å². The molecular weight excluding hydrogens is 464 g/mol. The molecule has 36 heavy (non-hydrogen) atoms. The minimum Gasteiger partial charge on any atom is -0.459 e. The number of carbonyl (C=O) groups is 3. The number of hydrogen-bond donors (Lipinski definition) is 1. The maximum absolute atomic E-state index is 12.5. The lowest BCUT2D eigenvalue weighted by atomic mass is 10.2. The highest BCUT2D eigenvalue weighted by molar-refractivity contribution is 5.73. The molecule has 0 unspecified atom stereocenters. The van der Waals surface area contributed by atoms with E-state index in [1.807, 2.05) is 72.1 Å². The third-order valence-corrected chi connectivity index (χ3v) is 4.94. The van der Waals surface area contributed by atoms with E-state index < -0.39 is 16.8 Å². The third kappa shape index (κ3) is 16.8. The van der Waals surface area contributed by atoms with Crippen LogP contribution in [0.25, 0.3) is 0 Å². The lowest BCUT2D eigenvalue weighted by molar-refractivity contribution is -0.158. The molecule has 210 valence electrons. The maximum atomic E-state index is 12.5. The van der Waals surface area contributed by atoms with Crippen LogP contribution < -0.4 is 5.32 Å². The lowest BCUT2D eigenvalue weighted by Gasteiger charge is -2.31. The van der Waals surface area contributed by atoms with Gasteiger partial charge < -0.3 is 19.5 Å². The van der Waals surface area contributed by atoms with Gasteiger partial charge in [-0.05, 0) is 68.7 Å². The summed E-state index contributed by atoms with van der Waals surface area (Å²) in [6, 6.07) is 0. The van der Waals surface area contributed by atoms with Crippen molar-refractivity contribution in [3.8, 4) is 0 Å². The number of nitrogens with one attached hydrogen (secondary N) is 1. The van der Waals surface area contributed by atoms with Crippen LogP contribution in [0.1, 0.15) is 68.7 Å². The zero-order valence-electron chi connectivity index (χ0n) is 24.1. The predicted molar refractivity (Wildman–Crippen MR) is 139 cm³/mol. The Morgan fingerprint density at radius 3 is 1.36 bits per heavy atom. The Morgan fingerprint density at radius 1 is 0.583 bits per heavy atom. The van der Waals surface area contributed by atoms with Gasteiger partial charge in [0.1, 0.15) is 16.8 Å². The van der Waals surface area contributed by atoms with Crippen LogP contribution in [0, 0.1) is 0 Å². The van der Waals surface area contributed by atoms with E-state index in [4.69, 9.17) is 14.2 Å². The zero-order valence-corrected chi connectivity index (χ0v) is 24.1. The van der Waals surface area contributed by atoms with Gasteiger partial charge in [0.25, 0.3) is 0 Å². The number of carbonyl (C=O) groups excluding carboxylic acids is 3. The highest BCUT2D eigenvalue weighted by Crippen LogP contribution is 2.10. The predicted octanol–water partition coefficient (Wildman–Crippen LogP) is 1.87. The van der Waals surface area contributed by atoms with Crippen LogP contribution in [-0.2, 0) is 28.6 Å². The standard InChI is InChI=1S/C26H50N4O6/c1-24(2,3)34-21(31)17-28-12-10-13-29(18-22(32)35-25(4,5)6)15-16-30(20-27-11-14-28)19-23(33)36-26(7,8)9/h27H,10-20H2,1-9H3. The quantitative estimate of drug-likeness (QED) is 0.418. The smallest absolute Gasteiger partial charge is 0.320 e. The summed E-state index contributed by atoms with van der Waals surface area (Å²) in [5.41, 5.74) is -1.64. The van der Waals surface area contributed by atoms with Gasteiger partial charge in [-0.2, -0.15) is 0 Å². The molecule has 0 radical (unpaired) electrons. The molecular formula is C26H50N4O6. The minimum atomic E-state index is -0.555. The normalized spacial score (nSPS) is 18.6. The SMILES string of the molecule is CC(C)(C)OC(=O)CN1CCCN(CC(=O)OC(C)(C)C)CCN(CC(=O)OC(C)(C)C)CNCC1. The molecule has 0 bridgehead atoms. The summed E-state index contributed by atoms with van der Waals surface area (Å²) in [6.07, 6.45) is 0.775. The fourth-order valence-electron chi connectivity index (χ4n) is 3.70. The zero-order chi connectivity index (χ0) is 27.6. The topological polar surface area (TPSA) is 101 Å². The molecule has 0 atom stereocenters. The molecule has 0 aliphatic carbocycles. The molecule has 0 aromatic rings. The Hall–Kier alpha value is -1.75. The Kier molecular flexibility index (Phi) is 12.8. The monoisotopic (exact) mass is 514 g/mol. The molecule has 1 saturated heterocycles. The highest BCUT2D eigenvalue weighted by Gasteiger charge is 2.24. The van der Waals surface area contributed by atoms with E-state index >= 15 is 0 Å². The number of nitrogens with zero attached hydrogens (tertiary/aromatic N) is 3. The largest absolute Gasteiger partial charge is 0.459 e. The summed E-state index contributed by atoms with van der Waals surface area (Å²) in [6.45, 7) is 21.5. The Bertz CT molecular complexity index is 709. The Morgan fingerprint density at radius 2 is 0.944 bits per heavy atom. The number of hydrogen-bond acceptors (Lipinski definition) is 10. The molecule has 1 heterocycles. The fraction of sp³-hybridized carbons (Fsp3) is 0.885. The molecule has 0 saturated carbocycles. The van der Waals surface area contributed by atoms with Gasteiger partial charge in [-0.3, -0.25) is 29.1 Å². The molecule has 10 nitrogen and oxygen atoms in total. The first kappa shape index (κ1) is 32.3.